The number of likely N-dealkylation sites (tertiary alicyclic amines) is 1. The topological polar surface area (TPSA) is 70.2 Å². The van der Waals surface area contributed by atoms with Crippen molar-refractivity contribution in [3.63, 3.8) is 0 Å². The molecule has 2 aromatic heterocycles. The molecule has 2 saturated heterocycles. The normalized spacial score (nSPS) is 20.1. The Bertz CT molecular complexity index is 1460. The van der Waals surface area contributed by atoms with E-state index >= 15 is 0 Å². The number of H-pyrrole nitrogens is 1. The molecule has 4 aromatic rings. The van der Waals surface area contributed by atoms with Crippen molar-refractivity contribution in [2.75, 3.05) is 26.2 Å². The van der Waals surface area contributed by atoms with Crippen LogP contribution in [0.2, 0.25) is 0 Å². The first-order chi connectivity index (χ1) is 18.7. The number of pyridine rings is 1. The summed E-state index contributed by atoms with van der Waals surface area (Å²) in [5.41, 5.74) is 9.66. The Balaban J connectivity index is 1.17. The summed E-state index contributed by atoms with van der Waals surface area (Å²) in [5, 5.41) is 4.90. The number of carbonyl (C=O) groups is 1. The number of carbonyl (C=O) groups excluding carboxylic acids is 1. The van der Waals surface area contributed by atoms with E-state index in [9.17, 15) is 4.79 Å². The zero-order valence-electron chi connectivity index (χ0n) is 21.7. The second kappa shape index (κ2) is 10.0. The van der Waals surface area contributed by atoms with Crippen LogP contribution in [0.1, 0.15) is 70.3 Å². The van der Waals surface area contributed by atoms with E-state index in [0.717, 1.165) is 56.7 Å². The van der Waals surface area contributed by atoms with Crippen molar-refractivity contribution in [1.29, 1.82) is 0 Å². The van der Waals surface area contributed by atoms with Gasteiger partial charge >= 0.3 is 0 Å². The molecular weight excluding hydrogens is 472 g/mol. The molecule has 0 aliphatic carbocycles. The Morgan fingerprint density at radius 3 is 2.68 bits per heavy atom. The van der Waals surface area contributed by atoms with E-state index in [1.807, 2.05) is 41.4 Å². The minimum atomic E-state index is 0.136. The third-order valence-electron chi connectivity index (χ3n) is 8.71. The van der Waals surface area contributed by atoms with E-state index in [1.54, 1.807) is 0 Å². The molecule has 2 aromatic carbocycles. The van der Waals surface area contributed by atoms with Gasteiger partial charge in [0.05, 0.1) is 13.2 Å². The van der Waals surface area contributed by atoms with E-state index in [0.29, 0.717) is 18.6 Å². The highest BCUT2D eigenvalue weighted by atomic mass is 16.5. The Labute approximate surface area is 223 Å². The van der Waals surface area contributed by atoms with Gasteiger partial charge in [0, 0.05) is 48.0 Å². The fourth-order valence-corrected chi connectivity index (χ4v) is 6.62. The number of piperidine rings is 1. The summed E-state index contributed by atoms with van der Waals surface area (Å²) in [6, 6.07) is 17.1. The van der Waals surface area contributed by atoms with Crippen molar-refractivity contribution in [3.8, 4) is 11.1 Å². The summed E-state index contributed by atoms with van der Waals surface area (Å²) in [6.45, 7) is 4.15. The van der Waals surface area contributed by atoms with Gasteiger partial charge in [-0.3, -0.25) is 4.79 Å². The number of benzene rings is 2. The molecule has 2 fully saturated rings. The van der Waals surface area contributed by atoms with Crippen LogP contribution in [0, 0.1) is 0 Å². The fraction of sp³-hybridized carbons (Fsp3) is 0.375. The maximum absolute atomic E-state index is 12.9. The van der Waals surface area contributed by atoms with E-state index in [-0.39, 0.29) is 5.91 Å². The van der Waals surface area contributed by atoms with Crippen molar-refractivity contribution >= 4 is 16.9 Å². The average Bonchev–Trinajstić information content (AvgIpc) is 3.67. The van der Waals surface area contributed by atoms with Gasteiger partial charge in [-0.05, 0) is 96.6 Å². The number of ether oxygens (including phenoxy) is 1. The SMILES string of the molecule is O=C(c1ccccc1)N1CCC(c2c[nH]c3ncc(-c4cc5c(c(C6CCCN6)c4)COCC5)cc23)CC1. The van der Waals surface area contributed by atoms with E-state index in [1.165, 1.54) is 51.6 Å². The summed E-state index contributed by atoms with van der Waals surface area (Å²) in [6.07, 6.45) is 9.45. The van der Waals surface area contributed by atoms with Crippen LogP contribution >= 0.6 is 0 Å². The molecule has 0 saturated carbocycles. The van der Waals surface area contributed by atoms with E-state index in [4.69, 9.17) is 9.72 Å². The van der Waals surface area contributed by atoms with Crippen LogP contribution in [-0.4, -0.2) is 47.0 Å². The monoisotopic (exact) mass is 506 g/mol. The molecule has 38 heavy (non-hydrogen) atoms. The third kappa shape index (κ3) is 4.32. The second-order valence-electron chi connectivity index (χ2n) is 11.0. The van der Waals surface area contributed by atoms with Crippen LogP contribution in [-0.2, 0) is 17.8 Å². The molecule has 0 bridgehead atoms. The quantitative estimate of drug-likeness (QED) is 0.370. The number of hydrogen-bond acceptors (Lipinski definition) is 4. The number of aromatic nitrogens is 2. The lowest BCUT2D eigenvalue weighted by atomic mass is 9.87. The van der Waals surface area contributed by atoms with Crippen LogP contribution < -0.4 is 5.32 Å². The summed E-state index contributed by atoms with van der Waals surface area (Å²) >= 11 is 0. The zero-order chi connectivity index (χ0) is 25.5. The molecular formula is C32H34N4O2. The second-order valence-corrected chi connectivity index (χ2v) is 11.0. The molecule has 6 nitrogen and oxygen atoms in total. The lowest BCUT2D eigenvalue weighted by Gasteiger charge is -2.32. The number of fused-ring (bicyclic) bond motifs is 2. The highest BCUT2D eigenvalue weighted by molar-refractivity contribution is 5.94. The molecule has 194 valence electrons. The van der Waals surface area contributed by atoms with Crippen LogP contribution in [0.5, 0.6) is 0 Å². The lowest BCUT2D eigenvalue weighted by Crippen LogP contribution is -2.37. The van der Waals surface area contributed by atoms with E-state index < -0.39 is 0 Å². The maximum atomic E-state index is 12.9. The van der Waals surface area contributed by atoms with Gasteiger partial charge in [0.15, 0.2) is 0 Å². The standard InChI is InChI=1S/C32H34N4O2/c37-32(22-5-2-1-3-6-22)36-12-8-21(9-13-36)28-19-35-31-27(28)17-25(18-34-31)24-15-23-10-14-38-20-29(23)26(16-24)30-7-4-11-33-30/h1-3,5-6,15-19,21,30,33H,4,7-14,20H2,(H,34,35). The lowest BCUT2D eigenvalue weighted by molar-refractivity contribution is 0.0713. The van der Waals surface area contributed by atoms with Crippen LogP contribution in [0.3, 0.4) is 0 Å². The number of nitrogens with one attached hydrogen (secondary N) is 2. The van der Waals surface area contributed by atoms with E-state index in [2.05, 4.69) is 34.7 Å². The van der Waals surface area contributed by atoms with Crippen LogP contribution in [0.4, 0.5) is 0 Å². The molecule has 3 aliphatic rings. The highest BCUT2D eigenvalue weighted by Crippen LogP contribution is 2.38. The average molecular weight is 507 g/mol. The summed E-state index contributed by atoms with van der Waals surface area (Å²) in [5.74, 6) is 0.553. The number of aromatic amines is 1. The number of nitrogens with zero attached hydrogens (tertiary/aromatic N) is 2. The molecule has 0 spiro atoms. The Hall–Kier alpha value is -3.48. The predicted molar refractivity (Wildman–Crippen MR) is 149 cm³/mol. The van der Waals surface area contributed by atoms with Crippen molar-refractivity contribution in [3.05, 3.63) is 88.7 Å². The number of rotatable bonds is 4. The Morgan fingerprint density at radius 2 is 1.87 bits per heavy atom. The summed E-state index contributed by atoms with van der Waals surface area (Å²) in [4.78, 5) is 23.2. The minimum absolute atomic E-state index is 0.136. The first-order valence-corrected chi connectivity index (χ1v) is 14.0. The van der Waals surface area contributed by atoms with Crippen molar-refractivity contribution < 1.29 is 9.53 Å². The van der Waals surface area contributed by atoms with Gasteiger partial charge in [-0.25, -0.2) is 4.98 Å². The third-order valence-corrected chi connectivity index (χ3v) is 8.71. The van der Waals surface area contributed by atoms with Crippen molar-refractivity contribution in [1.82, 2.24) is 20.2 Å². The van der Waals surface area contributed by atoms with Crippen LogP contribution in [0.15, 0.2) is 60.9 Å². The fourth-order valence-electron chi connectivity index (χ4n) is 6.62. The molecule has 1 atom stereocenters. The molecule has 7 rings (SSSR count). The predicted octanol–water partition coefficient (Wildman–Crippen LogP) is 5.75. The van der Waals surface area contributed by atoms with Gasteiger partial charge in [-0.15, -0.1) is 0 Å². The molecule has 3 aliphatic heterocycles. The smallest absolute Gasteiger partial charge is 0.253 e. The van der Waals surface area contributed by atoms with Crippen molar-refractivity contribution in [2.24, 2.45) is 0 Å². The molecule has 5 heterocycles. The minimum Gasteiger partial charge on any atom is -0.376 e. The molecule has 1 unspecified atom stereocenters. The number of amides is 1. The molecule has 6 heteroatoms. The largest absolute Gasteiger partial charge is 0.376 e. The van der Waals surface area contributed by atoms with Crippen molar-refractivity contribution in [2.45, 2.75) is 50.7 Å². The first kappa shape index (κ1) is 23.6. The number of hydrogen-bond donors (Lipinski definition) is 2. The Kier molecular flexibility index (Phi) is 6.22. The van der Waals surface area contributed by atoms with Crippen LogP contribution in [0.25, 0.3) is 22.2 Å². The van der Waals surface area contributed by atoms with Gasteiger partial charge in [-0.1, -0.05) is 24.3 Å². The maximum Gasteiger partial charge on any atom is 0.253 e. The molecule has 1 amide bonds. The van der Waals surface area contributed by atoms with Gasteiger partial charge < -0.3 is 19.9 Å². The summed E-state index contributed by atoms with van der Waals surface area (Å²) < 4.78 is 5.85. The van der Waals surface area contributed by atoms with Gasteiger partial charge in [-0.2, -0.15) is 0 Å². The zero-order valence-corrected chi connectivity index (χ0v) is 21.7. The highest BCUT2D eigenvalue weighted by Gasteiger charge is 2.27. The van der Waals surface area contributed by atoms with Gasteiger partial charge in [0.2, 0.25) is 0 Å². The van der Waals surface area contributed by atoms with Gasteiger partial charge in [0.1, 0.15) is 5.65 Å². The molecule has 2 N–H and O–H groups in total. The Morgan fingerprint density at radius 1 is 1.00 bits per heavy atom. The molecule has 0 radical (unpaired) electrons. The first-order valence-electron chi connectivity index (χ1n) is 14.0. The van der Waals surface area contributed by atoms with Gasteiger partial charge in [0.25, 0.3) is 5.91 Å². The summed E-state index contributed by atoms with van der Waals surface area (Å²) in [7, 11) is 0.